The molecule has 1 heterocycles. The molecule has 0 amide bonds. The van der Waals surface area contributed by atoms with E-state index in [9.17, 15) is 26.1 Å². The van der Waals surface area contributed by atoms with Crippen molar-refractivity contribution in [1.29, 1.82) is 0 Å². The zero-order valence-electron chi connectivity index (χ0n) is 11.9. The maximum absolute atomic E-state index is 10.5. The highest BCUT2D eigenvalue weighted by Gasteiger charge is 2.53. The Balaban J connectivity index is 0.000000396. The Morgan fingerprint density at radius 2 is 1.55 bits per heavy atom. The molecule has 2 nitrogen and oxygen atoms in total. The Morgan fingerprint density at radius 3 is 1.85 bits per heavy atom. The maximum Gasteiger partial charge on any atom is 0.583 e. The van der Waals surface area contributed by atoms with Crippen molar-refractivity contribution >= 4 is 6.98 Å². The highest BCUT2D eigenvalue weighted by atomic mass is 19.4. The molecule has 9 heteroatoms. The first-order valence-electron chi connectivity index (χ1n) is 6.68. The predicted octanol–water partition coefficient (Wildman–Crippen LogP) is 3.94. The molecule has 0 atom stereocenters. The van der Waals surface area contributed by atoms with Gasteiger partial charge in [0.1, 0.15) is 0 Å². The number of methoxy groups -OCH3 is 1. The molecule has 1 fully saturated rings. The Labute approximate surface area is 115 Å². The maximum atomic E-state index is 10.5. The fourth-order valence-corrected chi connectivity index (χ4v) is 2.19. The Hall–Kier alpha value is -0.435. The van der Waals surface area contributed by atoms with Gasteiger partial charge in [0.05, 0.1) is 19.6 Å². The van der Waals surface area contributed by atoms with Crippen LogP contribution in [0.5, 0.6) is 0 Å². The molecule has 1 rings (SSSR count). The molecule has 0 spiro atoms. The smallest absolute Gasteiger partial charge is 0.443 e. The third-order valence-electron chi connectivity index (χ3n) is 3.28. The Kier molecular flexibility index (Phi) is 7.94. The average molecular weight is 309 g/mol. The highest BCUT2D eigenvalue weighted by Crippen LogP contribution is 2.31. The molecular formula is C11H22BF6NO. The van der Waals surface area contributed by atoms with E-state index < -0.39 is 13.1 Å². The van der Waals surface area contributed by atoms with Crippen LogP contribution in [0.2, 0.25) is 0 Å². The molecule has 1 saturated heterocycles. The number of unbranched alkanes of at least 4 members (excludes halogenated alkanes) is 1. The van der Waals surface area contributed by atoms with Gasteiger partial charge in [0.15, 0.2) is 6.73 Å². The van der Waals surface area contributed by atoms with Crippen LogP contribution in [-0.2, 0) is 4.74 Å². The second-order valence-corrected chi connectivity index (χ2v) is 5.11. The largest absolute Gasteiger partial charge is 0.583 e. The van der Waals surface area contributed by atoms with E-state index in [2.05, 4.69) is 6.92 Å². The zero-order valence-corrected chi connectivity index (χ0v) is 11.9. The van der Waals surface area contributed by atoms with Crippen LogP contribution >= 0.6 is 0 Å². The van der Waals surface area contributed by atoms with Crippen molar-refractivity contribution in [1.82, 2.24) is 0 Å². The van der Waals surface area contributed by atoms with Crippen LogP contribution in [0.4, 0.5) is 26.1 Å². The third-order valence-corrected chi connectivity index (χ3v) is 3.28. The molecule has 122 valence electrons. The summed E-state index contributed by atoms with van der Waals surface area (Å²) in [4.78, 5) is 0. The van der Waals surface area contributed by atoms with Gasteiger partial charge in [0.2, 0.25) is 0 Å². The van der Waals surface area contributed by atoms with Gasteiger partial charge in [-0.25, -0.2) is 13.2 Å². The van der Waals surface area contributed by atoms with Crippen LogP contribution < -0.4 is 0 Å². The number of likely N-dealkylation sites (tertiary alicyclic amines) is 1. The fraction of sp³-hybridized carbons (Fsp3) is 1.00. The van der Waals surface area contributed by atoms with Gasteiger partial charge >= 0.3 is 13.1 Å². The van der Waals surface area contributed by atoms with Gasteiger partial charge in [0, 0.05) is 20.0 Å². The molecule has 0 aromatic rings. The minimum atomic E-state index is -6.65. The second-order valence-electron chi connectivity index (χ2n) is 5.11. The second kappa shape index (κ2) is 8.12. The Bertz CT molecular complexity index is 251. The molecular weight excluding hydrogens is 287 g/mol. The molecule has 0 bridgehead atoms. The molecule has 0 aliphatic carbocycles. The summed E-state index contributed by atoms with van der Waals surface area (Å²) in [6, 6.07) is 0. The lowest BCUT2D eigenvalue weighted by Gasteiger charge is -2.33. The van der Waals surface area contributed by atoms with Crippen molar-refractivity contribution in [3.05, 3.63) is 0 Å². The predicted molar refractivity (Wildman–Crippen MR) is 66.0 cm³/mol. The number of hydrogen-bond acceptors (Lipinski definition) is 1. The van der Waals surface area contributed by atoms with Crippen LogP contribution in [-0.4, -0.2) is 51.0 Å². The summed E-state index contributed by atoms with van der Waals surface area (Å²) in [6.45, 7) is 0.554. The van der Waals surface area contributed by atoms with Gasteiger partial charge in [-0.05, 0) is 6.42 Å². The SMILES string of the molecule is CCCC[N+]1(COC)CCCC1.F[B-](F)(F)C(F)(F)F. The van der Waals surface area contributed by atoms with Crippen molar-refractivity contribution in [3.8, 4) is 0 Å². The van der Waals surface area contributed by atoms with E-state index in [4.69, 9.17) is 4.74 Å². The number of quaternary nitrogens is 1. The van der Waals surface area contributed by atoms with Crippen molar-refractivity contribution in [3.63, 3.8) is 0 Å². The lowest BCUT2D eigenvalue weighted by molar-refractivity contribution is -0.934. The minimum Gasteiger partial charge on any atom is -0.443 e. The zero-order chi connectivity index (χ0) is 15.9. The van der Waals surface area contributed by atoms with E-state index in [1.165, 1.54) is 49.8 Å². The number of rotatable bonds is 5. The first-order chi connectivity index (χ1) is 9.08. The van der Waals surface area contributed by atoms with E-state index in [1.807, 2.05) is 7.11 Å². The van der Waals surface area contributed by atoms with Gasteiger partial charge in [-0.15, -0.1) is 0 Å². The van der Waals surface area contributed by atoms with Crippen LogP contribution in [0, 0.1) is 0 Å². The molecule has 0 aromatic heterocycles. The molecule has 1 aliphatic heterocycles. The fourth-order valence-electron chi connectivity index (χ4n) is 2.19. The van der Waals surface area contributed by atoms with Crippen LogP contribution in [0.25, 0.3) is 0 Å². The quantitative estimate of drug-likeness (QED) is 0.425. The molecule has 0 aromatic carbocycles. The van der Waals surface area contributed by atoms with Gasteiger partial charge < -0.3 is 22.2 Å². The number of ether oxygens (including phenoxy) is 1. The summed E-state index contributed by atoms with van der Waals surface area (Å²) in [6.07, 6.45) is -0.548. The van der Waals surface area contributed by atoms with Gasteiger partial charge in [-0.1, -0.05) is 13.3 Å². The lowest BCUT2D eigenvalue weighted by Crippen LogP contribution is -2.47. The minimum absolute atomic E-state index is 0.931. The standard InChI is InChI=1S/C10H22NO.CBF6/c1-3-4-7-11(10-12-2)8-5-6-9-11;3-1(4,5)2(6,7)8/h3-10H2,1-2H3;/q+1;-1. The summed E-state index contributed by atoms with van der Waals surface area (Å²) < 4.78 is 69.4. The van der Waals surface area contributed by atoms with E-state index in [-0.39, 0.29) is 0 Å². The summed E-state index contributed by atoms with van der Waals surface area (Å²) in [5.74, 6) is 0. The number of alkyl halides is 3. The van der Waals surface area contributed by atoms with Gasteiger partial charge in [-0.2, -0.15) is 0 Å². The van der Waals surface area contributed by atoms with Crippen molar-refractivity contribution in [2.24, 2.45) is 0 Å². The molecule has 1 aliphatic rings. The molecule has 0 saturated carbocycles. The highest BCUT2D eigenvalue weighted by molar-refractivity contribution is 6.60. The molecule has 0 unspecified atom stereocenters. The topological polar surface area (TPSA) is 9.23 Å². The molecule has 20 heavy (non-hydrogen) atoms. The van der Waals surface area contributed by atoms with E-state index in [0.29, 0.717) is 0 Å². The van der Waals surface area contributed by atoms with Crippen LogP contribution in [0.15, 0.2) is 0 Å². The number of halogens is 6. The third kappa shape index (κ3) is 6.83. The summed E-state index contributed by atoms with van der Waals surface area (Å²) in [5.41, 5.74) is 0. The van der Waals surface area contributed by atoms with Crippen molar-refractivity contribution in [2.45, 2.75) is 38.7 Å². The van der Waals surface area contributed by atoms with Gasteiger partial charge in [0.25, 0.3) is 0 Å². The average Bonchev–Trinajstić information content (AvgIpc) is 2.74. The van der Waals surface area contributed by atoms with Crippen molar-refractivity contribution < 1.29 is 35.3 Å². The van der Waals surface area contributed by atoms with Crippen molar-refractivity contribution in [2.75, 3.05) is 33.5 Å². The van der Waals surface area contributed by atoms with Crippen LogP contribution in [0.1, 0.15) is 32.6 Å². The molecule has 0 N–H and O–H groups in total. The lowest BCUT2D eigenvalue weighted by atomic mass is 9.92. The summed E-state index contributed by atoms with van der Waals surface area (Å²) in [5, 5.41) is 0. The normalized spacial score (nSPS) is 18.6. The molecule has 0 radical (unpaired) electrons. The Morgan fingerprint density at radius 1 is 1.10 bits per heavy atom. The van der Waals surface area contributed by atoms with E-state index in [1.54, 1.807) is 0 Å². The van der Waals surface area contributed by atoms with E-state index >= 15 is 0 Å². The van der Waals surface area contributed by atoms with Gasteiger partial charge in [-0.3, -0.25) is 0 Å². The first kappa shape index (κ1) is 19.6. The monoisotopic (exact) mass is 309 g/mol. The first-order valence-corrected chi connectivity index (χ1v) is 6.68. The summed E-state index contributed by atoms with van der Waals surface area (Å²) >= 11 is 0. The van der Waals surface area contributed by atoms with E-state index in [0.717, 1.165) is 6.73 Å². The number of nitrogens with zero attached hydrogens (tertiary/aromatic N) is 1. The van der Waals surface area contributed by atoms with Crippen LogP contribution in [0.3, 0.4) is 0 Å². The number of hydrogen-bond donors (Lipinski definition) is 0. The summed E-state index contributed by atoms with van der Waals surface area (Å²) in [7, 11) is 1.82.